The van der Waals surface area contributed by atoms with Gasteiger partial charge in [-0.05, 0) is 25.8 Å². The molecule has 6 N–H and O–H groups in total. The van der Waals surface area contributed by atoms with Gasteiger partial charge in [-0.15, -0.1) is 0 Å². The van der Waals surface area contributed by atoms with E-state index in [9.17, 15) is 0 Å². The minimum Gasteiger partial charge on any atom is -0.370 e. The van der Waals surface area contributed by atoms with Crippen molar-refractivity contribution in [1.29, 1.82) is 5.41 Å². The summed E-state index contributed by atoms with van der Waals surface area (Å²) in [5, 5.41) is 9.51. The number of nitrogens with zero attached hydrogens (tertiary/aromatic N) is 1. The Bertz CT molecular complexity index is 353. The molecule has 0 saturated heterocycles. The quantitative estimate of drug-likeness (QED) is 0.371. The van der Waals surface area contributed by atoms with Gasteiger partial charge in [-0.25, -0.2) is 4.99 Å². The molecule has 0 amide bonds. The van der Waals surface area contributed by atoms with Crippen LogP contribution in [0.4, 0.5) is 0 Å². The first-order chi connectivity index (χ1) is 6.94. The molecule has 0 spiro atoms. The van der Waals surface area contributed by atoms with Crippen molar-refractivity contribution < 1.29 is 0 Å². The highest BCUT2D eigenvalue weighted by Gasteiger charge is 2.25. The van der Waals surface area contributed by atoms with Crippen LogP contribution in [0.1, 0.15) is 20.3 Å². The van der Waals surface area contributed by atoms with Crippen LogP contribution in [0.3, 0.4) is 0 Å². The Morgan fingerprint density at radius 3 is 2.80 bits per heavy atom. The van der Waals surface area contributed by atoms with Crippen molar-refractivity contribution in [2.45, 2.75) is 25.8 Å². The molecule has 1 aliphatic carbocycles. The number of hydrogen-bond donors (Lipinski definition) is 4. The molecular formula is C10H17N5. The average Bonchev–Trinajstić information content (AvgIpc) is 2.08. The maximum Gasteiger partial charge on any atom is 0.196 e. The Balaban J connectivity index is 2.84. The second-order valence-electron chi connectivity index (χ2n) is 3.79. The first kappa shape index (κ1) is 11.3. The summed E-state index contributed by atoms with van der Waals surface area (Å²) in [6, 6.07) is 0. The first-order valence-corrected chi connectivity index (χ1v) is 4.74. The summed E-state index contributed by atoms with van der Waals surface area (Å²) in [5.41, 5.74) is 11.6. The Morgan fingerprint density at radius 1 is 1.60 bits per heavy atom. The molecule has 0 aromatic heterocycles. The third-order valence-corrected chi connectivity index (χ3v) is 2.48. The van der Waals surface area contributed by atoms with Gasteiger partial charge in [0, 0.05) is 0 Å². The van der Waals surface area contributed by atoms with Gasteiger partial charge in [0.05, 0.1) is 5.54 Å². The van der Waals surface area contributed by atoms with Crippen LogP contribution >= 0.6 is 0 Å². The number of hydrogen-bond acceptors (Lipinski definition) is 2. The lowest BCUT2D eigenvalue weighted by Crippen LogP contribution is -2.43. The van der Waals surface area contributed by atoms with Crippen LogP contribution in [0, 0.1) is 5.41 Å². The molecule has 1 unspecified atom stereocenters. The Kier molecular flexibility index (Phi) is 3.14. The molecule has 0 aromatic carbocycles. The summed E-state index contributed by atoms with van der Waals surface area (Å²) >= 11 is 0. The molecule has 1 aliphatic rings. The molecule has 0 saturated carbocycles. The maximum absolute atomic E-state index is 7.03. The second kappa shape index (κ2) is 4.16. The third kappa shape index (κ3) is 2.83. The van der Waals surface area contributed by atoms with Crippen molar-refractivity contribution in [3.8, 4) is 0 Å². The molecule has 82 valence electrons. The third-order valence-electron chi connectivity index (χ3n) is 2.48. The summed E-state index contributed by atoms with van der Waals surface area (Å²) in [6.45, 7) is 4.01. The summed E-state index contributed by atoms with van der Waals surface area (Å²) in [7, 11) is 0. The smallest absolute Gasteiger partial charge is 0.196 e. The van der Waals surface area contributed by atoms with Crippen molar-refractivity contribution in [1.82, 2.24) is 5.32 Å². The highest BCUT2D eigenvalue weighted by Crippen LogP contribution is 2.28. The molecule has 0 aliphatic heterocycles. The molecule has 15 heavy (non-hydrogen) atoms. The Labute approximate surface area is 89.4 Å². The molecule has 0 bridgehead atoms. The summed E-state index contributed by atoms with van der Waals surface area (Å²) in [5.74, 6) is -0.0270. The van der Waals surface area contributed by atoms with Crippen molar-refractivity contribution in [3.05, 3.63) is 23.8 Å². The van der Waals surface area contributed by atoms with Crippen LogP contribution in [-0.2, 0) is 0 Å². The van der Waals surface area contributed by atoms with Crippen LogP contribution < -0.4 is 16.8 Å². The van der Waals surface area contributed by atoms with E-state index in [0.717, 1.165) is 12.0 Å². The van der Waals surface area contributed by atoms with Crippen LogP contribution in [0.2, 0.25) is 0 Å². The van der Waals surface area contributed by atoms with Crippen LogP contribution in [0.25, 0.3) is 0 Å². The normalized spacial score (nSPS) is 26.0. The zero-order valence-corrected chi connectivity index (χ0v) is 9.04. The van der Waals surface area contributed by atoms with E-state index in [1.807, 2.05) is 32.1 Å². The van der Waals surface area contributed by atoms with E-state index in [4.69, 9.17) is 16.9 Å². The van der Waals surface area contributed by atoms with Crippen molar-refractivity contribution in [2.24, 2.45) is 16.5 Å². The van der Waals surface area contributed by atoms with Crippen LogP contribution in [0.15, 0.2) is 28.8 Å². The molecule has 0 radical (unpaired) electrons. The van der Waals surface area contributed by atoms with E-state index in [1.165, 1.54) is 0 Å². The molecule has 0 heterocycles. The fourth-order valence-corrected chi connectivity index (χ4v) is 1.42. The Morgan fingerprint density at radius 2 is 2.27 bits per heavy atom. The van der Waals surface area contributed by atoms with Gasteiger partial charge in [-0.2, -0.15) is 0 Å². The number of nitrogens with two attached hydrogens (primary N) is 2. The van der Waals surface area contributed by atoms with E-state index in [2.05, 4.69) is 10.3 Å². The first-order valence-electron chi connectivity index (χ1n) is 4.74. The molecule has 0 aromatic rings. The SMILES string of the molecule is CC1=CC=CCC1(C)N=C(N)NC(=N)N. The lowest BCUT2D eigenvalue weighted by atomic mass is 9.86. The van der Waals surface area contributed by atoms with Crippen molar-refractivity contribution >= 4 is 11.9 Å². The standard InChI is InChI=1S/C10H17N5/c1-7-5-3-4-6-10(7,2)15-9(13)14-8(11)12/h3-5H,6H2,1-2H3,(H6,11,12,13,14,15). The van der Waals surface area contributed by atoms with Gasteiger partial charge in [0.15, 0.2) is 11.9 Å². The lowest BCUT2D eigenvalue weighted by molar-refractivity contribution is 0.553. The summed E-state index contributed by atoms with van der Waals surface area (Å²) in [4.78, 5) is 4.33. The van der Waals surface area contributed by atoms with Crippen molar-refractivity contribution in [2.75, 3.05) is 0 Å². The summed E-state index contributed by atoms with van der Waals surface area (Å²) < 4.78 is 0. The topological polar surface area (TPSA) is 100 Å². The number of rotatable bonds is 1. The van der Waals surface area contributed by atoms with Crippen LogP contribution in [0.5, 0.6) is 0 Å². The van der Waals surface area contributed by atoms with E-state index >= 15 is 0 Å². The van der Waals surface area contributed by atoms with Gasteiger partial charge in [0.1, 0.15) is 0 Å². The molecular weight excluding hydrogens is 190 g/mol. The van der Waals surface area contributed by atoms with E-state index < -0.39 is 0 Å². The van der Waals surface area contributed by atoms with E-state index in [0.29, 0.717) is 0 Å². The van der Waals surface area contributed by atoms with Gasteiger partial charge in [-0.1, -0.05) is 18.2 Å². The molecule has 5 heteroatoms. The van der Waals surface area contributed by atoms with Gasteiger partial charge in [0.25, 0.3) is 0 Å². The number of guanidine groups is 2. The molecule has 5 nitrogen and oxygen atoms in total. The highest BCUT2D eigenvalue weighted by atomic mass is 15.2. The second-order valence-corrected chi connectivity index (χ2v) is 3.79. The fourth-order valence-electron chi connectivity index (χ4n) is 1.42. The predicted molar refractivity (Wildman–Crippen MR) is 62.6 cm³/mol. The average molecular weight is 207 g/mol. The minimum atomic E-state index is -0.332. The van der Waals surface area contributed by atoms with Gasteiger partial charge in [0.2, 0.25) is 0 Å². The number of aliphatic imine (C=N–C) groups is 1. The monoisotopic (exact) mass is 207 g/mol. The zero-order chi connectivity index (χ0) is 11.5. The largest absolute Gasteiger partial charge is 0.370 e. The van der Waals surface area contributed by atoms with Crippen molar-refractivity contribution in [3.63, 3.8) is 0 Å². The van der Waals surface area contributed by atoms with Gasteiger partial charge < -0.3 is 11.5 Å². The molecule has 1 rings (SSSR count). The number of allylic oxidation sites excluding steroid dienone is 2. The minimum absolute atomic E-state index is 0.174. The van der Waals surface area contributed by atoms with Gasteiger partial charge in [-0.3, -0.25) is 10.7 Å². The highest BCUT2D eigenvalue weighted by molar-refractivity contribution is 5.95. The Hall–Kier alpha value is -1.78. The predicted octanol–water partition coefficient (Wildman–Crippen LogP) is 0.449. The summed E-state index contributed by atoms with van der Waals surface area (Å²) in [6.07, 6.45) is 6.85. The maximum atomic E-state index is 7.03. The van der Waals surface area contributed by atoms with E-state index in [-0.39, 0.29) is 17.5 Å². The number of nitrogens with one attached hydrogen (secondary N) is 2. The lowest BCUT2D eigenvalue weighted by Gasteiger charge is -2.27. The fraction of sp³-hybridized carbons (Fsp3) is 0.400. The van der Waals surface area contributed by atoms with Crippen LogP contribution in [-0.4, -0.2) is 17.5 Å². The molecule has 0 fully saturated rings. The zero-order valence-electron chi connectivity index (χ0n) is 9.04. The van der Waals surface area contributed by atoms with Gasteiger partial charge >= 0.3 is 0 Å². The van der Waals surface area contributed by atoms with E-state index in [1.54, 1.807) is 0 Å². The molecule has 1 atom stereocenters.